The van der Waals surface area contributed by atoms with E-state index >= 15 is 0 Å². The van der Waals surface area contributed by atoms with Gasteiger partial charge in [-0.3, -0.25) is 0 Å². The summed E-state index contributed by atoms with van der Waals surface area (Å²) in [5, 5.41) is 9.65. The minimum absolute atomic E-state index is 0.0443. The standard InChI is InChI=1S/C18H25N3O5S4/c22-29(23)6-4-13(11-29)9-19-17(27)21-15-2-1-3-16(8-15)26-18(28)20-10-14-5-7-30(24,25)12-14/h1-3,8,13-14H,4-7,9-12H2,(H,20,28)(H2,19,21,27). The molecule has 8 nitrogen and oxygen atoms in total. The van der Waals surface area contributed by atoms with Crippen LogP contribution in [0.1, 0.15) is 12.8 Å². The number of rotatable bonds is 6. The predicted molar refractivity (Wildman–Crippen MR) is 125 cm³/mol. The molecule has 0 saturated carbocycles. The van der Waals surface area contributed by atoms with E-state index in [1.165, 1.54) is 0 Å². The number of ether oxygens (including phenoxy) is 1. The quantitative estimate of drug-likeness (QED) is 0.500. The van der Waals surface area contributed by atoms with Crippen LogP contribution in [0.5, 0.6) is 5.75 Å². The summed E-state index contributed by atoms with van der Waals surface area (Å²) in [4.78, 5) is 0. The highest BCUT2D eigenvalue weighted by molar-refractivity contribution is 7.91. The van der Waals surface area contributed by atoms with Gasteiger partial charge in [0.25, 0.3) is 5.17 Å². The monoisotopic (exact) mass is 491 g/mol. The summed E-state index contributed by atoms with van der Waals surface area (Å²) in [5.74, 6) is 1.48. The van der Waals surface area contributed by atoms with Crippen LogP contribution in [0.3, 0.4) is 0 Å². The Hall–Kier alpha value is -1.50. The van der Waals surface area contributed by atoms with E-state index in [1.807, 2.05) is 6.07 Å². The molecule has 3 rings (SSSR count). The molecule has 2 heterocycles. The van der Waals surface area contributed by atoms with E-state index in [4.69, 9.17) is 29.2 Å². The Bertz CT molecular complexity index is 933. The Morgan fingerprint density at radius 2 is 1.57 bits per heavy atom. The summed E-state index contributed by atoms with van der Waals surface area (Å²) in [6.07, 6.45) is 1.28. The van der Waals surface area contributed by atoms with Crippen LogP contribution in [0, 0.1) is 11.8 Å². The maximum absolute atomic E-state index is 11.5. The molecule has 3 N–H and O–H groups in total. The molecule has 2 fully saturated rings. The molecule has 166 valence electrons. The maximum atomic E-state index is 11.5. The second kappa shape index (κ2) is 9.75. The molecule has 0 spiro atoms. The van der Waals surface area contributed by atoms with Crippen LogP contribution in [0.2, 0.25) is 0 Å². The summed E-state index contributed by atoms with van der Waals surface area (Å²) in [5.41, 5.74) is 0.703. The first-order chi connectivity index (χ1) is 14.1. The fourth-order valence-electron chi connectivity index (χ4n) is 3.49. The van der Waals surface area contributed by atoms with Gasteiger partial charge >= 0.3 is 0 Å². The highest BCUT2D eigenvalue weighted by atomic mass is 32.2. The van der Waals surface area contributed by atoms with Crippen molar-refractivity contribution in [2.45, 2.75) is 12.8 Å². The first kappa shape index (κ1) is 23.2. The molecule has 30 heavy (non-hydrogen) atoms. The second-order valence-corrected chi connectivity index (χ2v) is 12.9. The largest absolute Gasteiger partial charge is 0.432 e. The van der Waals surface area contributed by atoms with Gasteiger partial charge in [-0.2, -0.15) is 0 Å². The van der Waals surface area contributed by atoms with Crippen molar-refractivity contribution in [1.29, 1.82) is 0 Å². The summed E-state index contributed by atoms with van der Waals surface area (Å²) in [7, 11) is -5.82. The average molecular weight is 492 g/mol. The van der Waals surface area contributed by atoms with Crippen molar-refractivity contribution in [3.8, 4) is 5.75 Å². The van der Waals surface area contributed by atoms with E-state index < -0.39 is 19.7 Å². The molecule has 2 aliphatic rings. The molecule has 2 aliphatic heterocycles. The number of thiocarbonyl (C=S) groups is 2. The summed E-state index contributed by atoms with van der Waals surface area (Å²) < 4.78 is 51.7. The Labute approximate surface area is 188 Å². The van der Waals surface area contributed by atoms with Crippen LogP contribution in [-0.2, 0) is 19.7 Å². The molecule has 0 amide bonds. The van der Waals surface area contributed by atoms with Crippen LogP contribution in [0.4, 0.5) is 5.69 Å². The SMILES string of the molecule is O=S1(=O)CCC(CNC(=S)Nc2cccc(OC(=S)NCC3CCS(=O)(=O)C3)c2)C1. The fourth-order valence-corrected chi connectivity index (χ4v) is 7.59. The van der Waals surface area contributed by atoms with Gasteiger partial charge in [0.15, 0.2) is 24.8 Å². The zero-order chi connectivity index (χ0) is 21.8. The van der Waals surface area contributed by atoms with Crippen molar-refractivity contribution in [1.82, 2.24) is 10.6 Å². The molecule has 0 aliphatic carbocycles. The van der Waals surface area contributed by atoms with Crippen LogP contribution >= 0.6 is 24.4 Å². The summed E-state index contributed by atoms with van der Waals surface area (Å²) >= 11 is 10.5. The number of anilines is 1. The minimum Gasteiger partial charge on any atom is -0.432 e. The molecule has 0 aromatic heterocycles. The van der Waals surface area contributed by atoms with E-state index in [9.17, 15) is 16.8 Å². The minimum atomic E-state index is -2.92. The van der Waals surface area contributed by atoms with E-state index in [0.717, 1.165) is 0 Å². The lowest BCUT2D eigenvalue weighted by Gasteiger charge is -2.15. The number of hydrogen-bond acceptors (Lipinski definition) is 7. The Morgan fingerprint density at radius 3 is 2.13 bits per heavy atom. The van der Waals surface area contributed by atoms with E-state index in [-0.39, 0.29) is 40.0 Å². The van der Waals surface area contributed by atoms with E-state index in [2.05, 4.69) is 16.0 Å². The average Bonchev–Trinajstić information content (AvgIpc) is 3.19. The zero-order valence-corrected chi connectivity index (χ0v) is 19.6. The van der Waals surface area contributed by atoms with Crippen molar-refractivity contribution in [3.63, 3.8) is 0 Å². The molecule has 12 heteroatoms. The maximum Gasteiger partial charge on any atom is 0.262 e. The molecule has 2 atom stereocenters. The lowest BCUT2D eigenvalue weighted by atomic mass is 10.1. The predicted octanol–water partition coefficient (Wildman–Crippen LogP) is 1.10. The van der Waals surface area contributed by atoms with E-state index in [1.54, 1.807) is 18.2 Å². The van der Waals surface area contributed by atoms with Gasteiger partial charge in [-0.1, -0.05) is 6.07 Å². The number of hydrogen-bond donors (Lipinski definition) is 3. The zero-order valence-electron chi connectivity index (χ0n) is 16.3. The third-order valence-electron chi connectivity index (χ3n) is 5.04. The van der Waals surface area contributed by atoms with Crippen LogP contribution in [0.15, 0.2) is 24.3 Å². The van der Waals surface area contributed by atoms with Crippen LogP contribution < -0.4 is 20.7 Å². The van der Waals surface area contributed by atoms with Crippen molar-refractivity contribution in [3.05, 3.63) is 24.3 Å². The summed E-state index contributed by atoms with van der Waals surface area (Å²) in [6.45, 7) is 0.965. The lowest BCUT2D eigenvalue weighted by molar-refractivity contribution is 0.502. The Morgan fingerprint density at radius 1 is 0.967 bits per heavy atom. The highest BCUT2D eigenvalue weighted by Gasteiger charge is 2.28. The van der Waals surface area contributed by atoms with Gasteiger partial charge in [-0.25, -0.2) is 16.8 Å². The van der Waals surface area contributed by atoms with Gasteiger partial charge in [0, 0.05) is 24.8 Å². The van der Waals surface area contributed by atoms with Crippen molar-refractivity contribution >= 4 is 60.1 Å². The number of nitrogens with one attached hydrogen (secondary N) is 3. The summed E-state index contributed by atoms with van der Waals surface area (Å²) in [6, 6.07) is 7.10. The third-order valence-corrected chi connectivity index (χ3v) is 9.19. The second-order valence-electron chi connectivity index (χ2n) is 7.67. The molecule has 2 unspecified atom stereocenters. The Kier molecular flexibility index (Phi) is 7.53. The molecule has 2 saturated heterocycles. The fraction of sp³-hybridized carbons (Fsp3) is 0.556. The molecule has 0 radical (unpaired) electrons. The van der Waals surface area contributed by atoms with Crippen molar-refractivity contribution in [2.75, 3.05) is 41.4 Å². The van der Waals surface area contributed by atoms with Gasteiger partial charge in [0.2, 0.25) is 0 Å². The molecular formula is C18H25N3O5S4. The van der Waals surface area contributed by atoms with Gasteiger partial charge in [0.05, 0.1) is 23.0 Å². The molecular weight excluding hydrogens is 466 g/mol. The van der Waals surface area contributed by atoms with Crippen LogP contribution in [0.25, 0.3) is 0 Å². The van der Waals surface area contributed by atoms with Crippen molar-refractivity contribution in [2.24, 2.45) is 11.8 Å². The van der Waals surface area contributed by atoms with Gasteiger partial charge in [-0.15, -0.1) is 0 Å². The van der Waals surface area contributed by atoms with Crippen molar-refractivity contribution < 1.29 is 21.6 Å². The Balaban J connectivity index is 1.42. The first-order valence-corrected chi connectivity index (χ1v) is 14.1. The molecule has 0 bridgehead atoms. The topological polar surface area (TPSA) is 114 Å². The lowest BCUT2D eigenvalue weighted by Crippen LogP contribution is -2.33. The molecule has 1 aromatic rings. The smallest absolute Gasteiger partial charge is 0.262 e. The normalized spacial score (nSPS) is 24.1. The van der Waals surface area contributed by atoms with Gasteiger partial charge < -0.3 is 20.7 Å². The number of sulfone groups is 2. The van der Waals surface area contributed by atoms with E-state index in [0.29, 0.717) is 42.5 Å². The van der Waals surface area contributed by atoms with Crippen LogP contribution in [-0.4, -0.2) is 63.2 Å². The first-order valence-electron chi connectivity index (χ1n) is 9.62. The number of benzene rings is 1. The highest BCUT2D eigenvalue weighted by Crippen LogP contribution is 2.20. The molecule has 1 aromatic carbocycles. The van der Waals surface area contributed by atoms with Gasteiger partial charge in [0.1, 0.15) is 5.75 Å². The third kappa shape index (κ3) is 7.33. The van der Waals surface area contributed by atoms with Gasteiger partial charge in [-0.05, 0) is 61.2 Å².